The number of imide groups is 1. The lowest BCUT2D eigenvalue weighted by atomic mass is 9.81. The number of aliphatic hydroxyl groups excluding tert-OH is 1. The molecule has 3 N–H and O–H groups in total. The number of ether oxygens (including phenoxy) is 1. The van der Waals surface area contributed by atoms with E-state index in [1.165, 1.54) is 4.90 Å². The van der Waals surface area contributed by atoms with Crippen LogP contribution in [0.15, 0.2) is 42.5 Å². The van der Waals surface area contributed by atoms with E-state index in [1.54, 1.807) is 30.2 Å². The first kappa shape index (κ1) is 24.1. The number of urea groups is 1. The first-order valence-corrected chi connectivity index (χ1v) is 12.2. The number of likely N-dealkylation sites (N-methyl/N-ethyl adjacent to an activating group) is 1. The number of aromatic hydroxyl groups is 1. The first-order valence-electron chi connectivity index (χ1n) is 12.2. The van der Waals surface area contributed by atoms with Gasteiger partial charge in [-0.2, -0.15) is 0 Å². The van der Waals surface area contributed by atoms with E-state index >= 15 is 0 Å². The number of nitrogens with zero attached hydrogens (tertiary/aromatic N) is 3. The van der Waals surface area contributed by atoms with Crippen molar-refractivity contribution in [2.45, 2.75) is 31.3 Å². The quantitative estimate of drug-likeness (QED) is 0.417. The van der Waals surface area contributed by atoms with Gasteiger partial charge in [0, 0.05) is 36.1 Å². The van der Waals surface area contributed by atoms with Crippen molar-refractivity contribution in [3.63, 3.8) is 0 Å². The lowest BCUT2D eigenvalue weighted by Crippen LogP contribution is -2.53. The van der Waals surface area contributed by atoms with Crippen LogP contribution in [-0.4, -0.2) is 87.8 Å². The maximum atomic E-state index is 13.8. The van der Waals surface area contributed by atoms with Gasteiger partial charge in [0.15, 0.2) is 0 Å². The fourth-order valence-electron chi connectivity index (χ4n) is 5.64. The van der Waals surface area contributed by atoms with Crippen LogP contribution < -0.4 is 4.74 Å². The number of fused-ring (bicyclic) bond motifs is 4. The number of hydrogen-bond donors (Lipinski definition) is 3. The normalized spacial score (nSPS) is 21.4. The molecule has 2 unspecified atom stereocenters. The summed E-state index contributed by atoms with van der Waals surface area (Å²) in [4.78, 5) is 36.2. The monoisotopic (exact) mass is 492 g/mol. The molecule has 9 heteroatoms. The Labute approximate surface area is 209 Å². The number of carbonyl (C=O) groups excluding carboxylic acids is 2. The highest BCUT2D eigenvalue weighted by atomic mass is 16.5. The molecule has 5 rings (SSSR count). The maximum Gasteiger partial charge on any atom is 0.328 e. The third-order valence-electron chi connectivity index (χ3n) is 7.46. The van der Waals surface area contributed by atoms with Crippen molar-refractivity contribution >= 4 is 22.8 Å². The lowest BCUT2D eigenvalue weighted by Gasteiger charge is -2.42. The van der Waals surface area contributed by atoms with Crippen LogP contribution in [0.4, 0.5) is 4.79 Å². The highest BCUT2D eigenvalue weighted by molar-refractivity contribution is 6.08. The molecule has 1 saturated heterocycles. The molecule has 2 aromatic carbocycles. The second-order valence-corrected chi connectivity index (χ2v) is 9.87. The van der Waals surface area contributed by atoms with E-state index in [1.807, 2.05) is 43.1 Å². The Bertz CT molecular complexity index is 1320. The molecule has 9 nitrogen and oxygen atoms in total. The van der Waals surface area contributed by atoms with Crippen LogP contribution in [0.3, 0.4) is 0 Å². The molecule has 0 spiro atoms. The minimum absolute atomic E-state index is 0.0615. The molecule has 0 aliphatic carbocycles. The van der Waals surface area contributed by atoms with Crippen molar-refractivity contribution in [1.29, 1.82) is 0 Å². The average molecular weight is 493 g/mol. The number of aromatic amines is 1. The van der Waals surface area contributed by atoms with Crippen LogP contribution in [-0.2, 0) is 11.2 Å². The highest BCUT2D eigenvalue weighted by Crippen LogP contribution is 2.49. The van der Waals surface area contributed by atoms with Gasteiger partial charge in [-0.05, 0) is 68.4 Å². The van der Waals surface area contributed by atoms with Crippen LogP contribution in [0.25, 0.3) is 10.9 Å². The molecule has 3 amide bonds. The molecular weight excluding hydrogens is 460 g/mol. The predicted octanol–water partition coefficient (Wildman–Crippen LogP) is 2.86. The summed E-state index contributed by atoms with van der Waals surface area (Å²) in [5.41, 5.74) is 2.37. The zero-order chi connectivity index (χ0) is 25.6. The Kier molecular flexibility index (Phi) is 6.13. The van der Waals surface area contributed by atoms with Crippen molar-refractivity contribution < 1.29 is 24.5 Å². The van der Waals surface area contributed by atoms with Gasteiger partial charge in [-0.1, -0.05) is 12.1 Å². The van der Waals surface area contributed by atoms with Gasteiger partial charge < -0.3 is 24.8 Å². The number of phenols is 1. The molecule has 2 atom stereocenters. The summed E-state index contributed by atoms with van der Waals surface area (Å²) < 4.78 is 5.45. The summed E-state index contributed by atoms with van der Waals surface area (Å²) in [5, 5.41) is 20.4. The number of H-pyrrole nitrogens is 1. The fraction of sp³-hybridized carbons (Fsp3) is 0.407. The number of phenolic OH excluding ortho intramolecular Hbond substituents is 1. The SMILES string of the molecule is COc1ccc2[nH]c3c(c2c1)CC1(C)C(=O)N(CCCN(C)CCO)C(=O)N1C3c1cccc(O)c1. The van der Waals surface area contributed by atoms with Crippen molar-refractivity contribution in [1.82, 2.24) is 19.7 Å². The van der Waals surface area contributed by atoms with Crippen LogP contribution in [0, 0.1) is 0 Å². The Hall–Kier alpha value is -3.56. The fourth-order valence-corrected chi connectivity index (χ4v) is 5.64. The van der Waals surface area contributed by atoms with E-state index in [9.17, 15) is 14.7 Å². The Balaban J connectivity index is 1.59. The number of carbonyl (C=O) groups is 2. The van der Waals surface area contributed by atoms with Gasteiger partial charge in [-0.3, -0.25) is 14.6 Å². The summed E-state index contributed by atoms with van der Waals surface area (Å²) >= 11 is 0. The molecule has 36 heavy (non-hydrogen) atoms. The number of nitrogens with one attached hydrogen (secondary N) is 1. The number of aliphatic hydroxyl groups is 1. The van der Waals surface area contributed by atoms with Crippen LogP contribution >= 0.6 is 0 Å². The average Bonchev–Trinajstić information content (AvgIpc) is 3.30. The molecule has 2 aliphatic rings. The maximum absolute atomic E-state index is 13.8. The molecule has 0 radical (unpaired) electrons. The van der Waals surface area contributed by atoms with E-state index in [2.05, 4.69) is 4.98 Å². The molecule has 0 saturated carbocycles. The molecular formula is C27H32N4O5. The Morgan fingerprint density at radius 1 is 1.19 bits per heavy atom. The van der Waals surface area contributed by atoms with Gasteiger partial charge in [-0.25, -0.2) is 4.79 Å². The molecule has 0 bridgehead atoms. The van der Waals surface area contributed by atoms with Crippen molar-refractivity contribution in [3.05, 3.63) is 59.3 Å². The highest BCUT2D eigenvalue weighted by Gasteiger charge is 2.60. The van der Waals surface area contributed by atoms with Gasteiger partial charge in [0.2, 0.25) is 0 Å². The van der Waals surface area contributed by atoms with Crippen molar-refractivity contribution in [3.8, 4) is 11.5 Å². The van der Waals surface area contributed by atoms with Crippen LogP contribution in [0.5, 0.6) is 11.5 Å². The second kappa shape index (κ2) is 9.15. The molecule has 3 aromatic rings. The van der Waals surface area contributed by atoms with E-state index in [-0.39, 0.29) is 24.3 Å². The summed E-state index contributed by atoms with van der Waals surface area (Å²) in [6.07, 6.45) is 0.983. The number of amides is 3. The van der Waals surface area contributed by atoms with Gasteiger partial charge in [0.05, 0.1) is 13.7 Å². The summed E-state index contributed by atoms with van der Waals surface area (Å²) in [5.74, 6) is 0.597. The zero-order valence-electron chi connectivity index (χ0n) is 20.8. The molecule has 3 heterocycles. The number of aromatic nitrogens is 1. The summed E-state index contributed by atoms with van der Waals surface area (Å²) in [6.45, 7) is 3.40. The second-order valence-electron chi connectivity index (χ2n) is 9.87. The Morgan fingerprint density at radius 2 is 2.00 bits per heavy atom. The van der Waals surface area contributed by atoms with Gasteiger partial charge in [-0.15, -0.1) is 0 Å². The van der Waals surface area contributed by atoms with Gasteiger partial charge in [0.25, 0.3) is 5.91 Å². The molecule has 190 valence electrons. The summed E-state index contributed by atoms with van der Waals surface area (Å²) in [7, 11) is 3.52. The number of benzene rings is 2. The minimum Gasteiger partial charge on any atom is -0.508 e. The standard InChI is InChI=1S/C27H32N4O5/c1-27-16-21-20-15-19(36-3)8-9-22(20)28-23(21)24(17-6-4-7-18(33)14-17)31(27)26(35)30(25(27)34)11-5-10-29(2)12-13-32/h4,6-9,14-15,24,28,32-33H,5,10-13,16H2,1-3H3. The molecule has 1 aromatic heterocycles. The molecule has 2 aliphatic heterocycles. The minimum atomic E-state index is -1.07. The molecule has 1 fully saturated rings. The van der Waals surface area contributed by atoms with Crippen molar-refractivity contribution in [2.75, 3.05) is 40.4 Å². The van der Waals surface area contributed by atoms with Gasteiger partial charge in [0.1, 0.15) is 23.1 Å². The predicted molar refractivity (Wildman–Crippen MR) is 135 cm³/mol. The third-order valence-corrected chi connectivity index (χ3v) is 7.46. The van der Waals surface area contributed by atoms with Gasteiger partial charge >= 0.3 is 6.03 Å². The van der Waals surface area contributed by atoms with E-state index in [4.69, 9.17) is 9.84 Å². The van der Waals surface area contributed by atoms with Crippen LogP contribution in [0.1, 0.15) is 36.2 Å². The third kappa shape index (κ3) is 3.79. The van der Waals surface area contributed by atoms with Crippen LogP contribution in [0.2, 0.25) is 0 Å². The number of rotatable bonds is 8. The first-order chi connectivity index (χ1) is 17.3. The zero-order valence-corrected chi connectivity index (χ0v) is 20.8. The lowest BCUT2D eigenvalue weighted by molar-refractivity contribution is -0.133. The van der Waals surface area contributed by atoms with E-state index in [0.29, 0.717) is 38.2 Å². The summed E-state index contributed by atoms with van der Waals surface area (Å²) in [6, 6.07) is 11.7. The number of methoxy groups -OCH3 is 1. The topological polar surface area (TPSA) is 109 Å². The largest absolute Gasteiger partial charge is 0.508 e. The smallest absolute Gasteiger partial charge is 0.328 e. The van der Waals surface area contributed by atoms with E-state index in [0.717, 1.165) is 27.7 Å². The number of hydrogen-bond acceptors (Lipinski definition) is 6. The Morgan fingerprint density at radius 3 is 2.72 bits per heavy atom. The van der Waals surface area contributed by atoms with Crippen molar-refractivity contribution in [2.24, 2.45) is 0 Å². The van der Waals surface area contributed by atoms with E-state index < -0.39 is 11.6 Å².